The number of rotatable bonds is 3. The number of phenols is 1. The molecule has 6 nitrogen and oxygen atoms in total. The van der Waals surface area contributed by atoms with Crippen LogP contribution in [0.2, 0.25) is 0 Å². The summed E-state index contributed by atoms with van der Waals surface area (Å²) >= 11 is 0. The highest BCUT2D eigenvalue weighted by Crippen LogP contribution is 2.27. The van der Waals surface area contributed by atoms with Crippen molar-refractivity contribution in [2.45, 2.75) is 19.4 Å². The van der Waals surface area contributed by atoms with Gasteiger partial charge in [0, 0.05) is 45.3 Å². The van der Waals surface area contributed by atoms with Gasteiger partial charge in [-0.25, -0.2) is 4.79 Å². The molecule has 0 spiro atoms. The Morgan fingerprint density at radius 1 is 1.22 bits per heavy atom. The molecule has 3 rings (SSSR count). The van der Waals surface area contributed by atoms with E-state index in [4.69, 9.17) is 0 Å². The van der Waals surface area contributed by atoms with Crippen LogP contribution in [0.1, 0.15) is 13.3 Å². The summed E-state index contributed by atoms with van der Waals surface area (Å²) in [5.74, 6) is 0.302. The van der Waals surface area contributed by atoms with Crippen LogP contribution in [0.15, 0.2) is 24.3 Å². The number of hydrogen-bond acceptors (Lipinski definition) is 4. The van der Waals surface area contributed by atoms with Gasteiger partial charge in [0.25, 0.3) is 0 Å². The van der Waals surface area contributed by atoms with E-state index in [0.717, 1.165) is 44.8 Å². The Hall–Kier alpha value is -1.95. The topological polar surface area (TPSA) is 59.1 Å². The quantitative estimate of drug-likeness (QED) is 0.882. The molecule has 0 radical (unpaired) electrons. The van der Waals surface area contributed by atoms with Gasteiger partial charge in [0.05, 0.1) is 5.69 Å². The van der Waals surface area contributed by atoms with Crippen LogP contribution in [0.5, 0.6) is 5.75 Å². The lowest BCUT2D eigenvalue weighted by atomic mass is 10.2. The van der Waals surface area contributed by atoms with E-state index in [0.29, 0.717) is 18.8 Å². The monoisotopic (exact) mass is 318 g/mol. The Labute approximate surface area is 137 Å². The molecule has 2 saturated heterocycles. The van der Waals surface area contributed by atoms with Crippen LogP contribution in [0.25, 0.3) is 0 Å². The van der Waals surface area contributed by atoms with Crippen molar-refractivity contribution in [3.63, 3.8) is 0 Å². The number of likely N-dealkylation sites (tertiary alicyclic amines) is 1. The average Bonchev–Trinajstić information content (AvgIpc) is 3.03. The Bertz CT molecular complexity index is 543. The zero-order valence-electron chi connectivity index (χ0n) is 13.7. The maximum atomic E-state index is 12.4. The van der Waals surface area contributed by atoms with Crippen LogP contribution < -0.4 is 10.2 Å². The van der Waals surface area contributed by atoms with Gasteiger partial charge in [-0.1, -0.05) is 19.1 Å². The molecule has 2 N–H and O–H groups in total. The number of hydrogen-bond donors (Lipinski definition) is 2. The lowest BCUT2D eigenvalue weighted by molar-refractivity contribution is 0.190. The maximum Gasteiger partial charge on any atom is 0.317 e. The molecule has 126 valence electrons. The summed E-state index contributed by atoms with van der Waals surface area (Å²) in [5, 5.41) is 13.1. The van der Waals surface area contributed by atoms with Gasteiger partial charge in [0.1, 0.15) is 5.75 Å². The molecule has 1 aromatic carbocycles. The molecule has 0 bridgehead atoms. The summed E-state index contributed by atoms with van der Waals surface area (Å²) in [7, 11) is 0. The van der Waals surface area contributed by atoms with Crippen LogP contribution in [0.4, 0.5) is 10.5 Å². The van der Waals surface area contributed by atoms with Crippen LogP contribution >= 0.6 is 0 Å². The van der Waals surface area contributed by atoms with E-state index in [1.54, 1.807) is 6.07 Å². The number of carbonyl (C=O) groups excluding carboxylic acids is 1. The Kier molecular flexibility index (Phi) is 4.91. The fourth-order valence-corrected chi connectivity index (χ4v) is 3.39. The second kappa shape index (κ2) is 7.08. The molecule has 2 aliphatic rings. The first-order valence-electron chi connectivity index (χ1n) is 8.48. The standard InChI is InChI=1S/C17H26N4O2/c1-2-19-8-7-14(13-19)18-17(23)21-11-9-20(10-12-21)15-5-3-4-6-16(15)22/h3-6,14,22H,2,7-13H2,1H3,(H,18,23). The van der Waals surface area contributed by atoms with Crippen molar-refractivity contribution in [1.29, 1.82) is 0 Å². The van der Waals surface area contributed by atoms with E-state index < -0.39 is 0 Å². The molecule has 1 atom stereocenters. The van der Waals surface area contributed by atoms with E-state index in [1.165, 1.54) is 0 Å². The van der Waals surface area contributed by atoms with Crippen LogP contribution in [0.3, 0.4) is 0 Å². The number of likely N-dealkylation sites (N-methyl/N-ethyl adjacent to an activating group) is 1. The summed E-state index contributed by atoms with van der Waals surface area (Å²) < 4.78 is 0. The molecule has 23 heavy (non-hydrogen) atoms. The molecule has 0 aliphatic carbocycles. The summed E-state index contributed by atoms with van der Waals surface area (Å²) in [4.78, 5) is 18.8. The Balaban J connectivity index is 1.49. The van der Waals surface area contributed by atoms with Gasteiger partial charge in [-0.15, -0.1) is 0 Å². The minimum atomic E-state index is 0.0462. The molecular weight excluding hydrogens is 292 g/mol. The molecule has 1 aromatic rings. The van der Waals surface area contributed by atoms with Gasteiger partial charge in [0.15, 0.2) is 0 Å². The Morgan fingerprint density at radius 2 is 1.96 bits per heavy atom. The number of amides is 2. The molecular formula is C17H26N4O2. The number of aromatic hydroxyl groups is 1. The number of nitrogens with zero attached hydrogens (tertiary/aromatic N) is 3. The molecule has 2 heterocycles. The first-order chi connectivity index (χ1) is 11.2. The summed E-state index contributed by atoms with van der Waals surface area (Å²) in [5.41, 5.74) is 0.849. The molecule has 0 aromatic heterocycles. The zero-order valence-corrected chi connectivity index (χ0v) is 13.7. The van der Waals surface area contributed by atoms with Gasteiger partial charge >= 0.3 is 6.03 Å². The maximum absolute atomic E-state index is 12.4. The average molecular weight is 318 g/mol. The predicted octanol–water partition coefficient (Wildman–Crippen LogP) is 1.32. The summed E-state index contributed by atoms with van der Waals surface area (Å²) in [6.45, 7) is 8.10. The number of para-hydroxylation sites is 2. The van der Waals surface area contributed by atoms with Gasteiger partial charge in [0.2, 0.25) is 0 Å². The fraction of sp³-hybridized carbons (Fsp3) is 0.588. The van der Waals surface area contributed by atoms with Gasteiger partial charge in [-0.05, 0) is 25.1 Å². The van der Waals surface area contributed by atoms with E-state index in [-0.39, 0.29) is 12.1 Å². The predicted molar refractivity (Wildman–Crippen MR) is 90.9 cm³/mol. The number of phenolic OH excluding ortho intramolecular Hbond substituents is 1. The van der Waals surface area contributed by atoms with Crippen molar-refractivity contribution in [2.24, 2.45) is 0 Å². The van der Waals surface area contributed by atoms with Crippen molar-refractivity contribution < 1.29 is 9.90 Å². The number of nitrogens with one attached hydrogen (secondary N) is 1. The smallest absolute Gasteiger partial charge is 0.317 e. The highest BCUT2D eigenvalue weighted by molar-refractivity contribution is 5.75. The highest BCUT2D eigenvalue weighted by Gasteiger charge is 2.27. The molecule has 2 amide bonds. The van der Waals surface area contributed by atoms with Gasteiger partial charge < -0.3 is 25.1 Å². The van der Waals surface area contributed by atoms with Crippen molar-refractivity contribution in [3.05, 3.63) is 24.3 Å². The third kappa shape index (κ3) is 3.69. The van der Waals surface area contributed by atoms with Crippen molar-refractivity contribution in [1.82, 2.24) is 15.1 Å². The molecule has 2 aliphatic heterocycles. The van der Waals surface area contributed by atoms with Crippen LogP contribution in [0, 0.1) is 0 Å². The lowest BCUT2D eigenvalue weighted by Gasteiger charge is -2.36. The number of urea groups is 1. The lowest BCUT2D eigenvalue weighted by Crippen LogP contribution is -2.53. The van der Waals surface area contributed by atoms with Crippen molar-refractivity contribution >= 4 is 11.7 Å². The first-order valence-corrected chi connectivity index (χ1v) is 8.48. The zero-order chi connectivity index (χ0) is 16.2. The second-order valence-electron chi connectivity index (χ2n) is 6.29. The molecule has 0 saturated carbocycles. The normalized spacial score (nSPS) is 22.4. The number of anilines is 1. The minimum Gasteiger partial charge on any atom is -0.506 e. The van der Waals surface area contributed by atoms with Gasteiger partial charge in [-0.3, -0.25) is 0 Å². The van der Waals surface area contributed by atoms with E-state index in [2.05, 4.69) is 22.0 Å². The van der Waals surface area contributed by atoms with Crippen LogP contribution in [-0.2, 0) is 0 Å². The molecule has 1 unspecified atom stereocenters. The summed E-state index contributed by atoms with van der Waals surface area (Å²) in [6.07, 6.45) is 1.04. The van der Waals surface area contributed by atoms with E-state index in [9.17, 15) is 9.90 Å². The van der Waals surface area contributed by atoms with Crippen molar-refractivity contribution in [3.8, 4) is 5.75 Å². The number of piperazine rings is 1. The number of carbonyl (C=O) groups is 1. The van der Waals surface area contributed by atoms with E-state index >= 15 is 0 Å². The largest absolute Gasteiger partial charge is 0.506 e. The molecule has 2 fully saturated rings. The fourth-order valence-electron chi connectivity index (χ4n) is 3.39. The third-order valence-corrected chi connectivity index (χ3v) is 4.84. The third-order valence-electron chi connectivity index (χ3n) is 4.84. The van der Waals surface area contributed by atoms with E-state index in [1.807, 2.05) is 23.1 Å². The first kappa shape index (κ1) is 15.9. The Morgan fingerprint density at radius 3 is 2.61 bits per heavy atom. The molecule has 6 heteroatoms. The SMILES string of the molecule is CCN1CCC(NC(=O)N2CCN(c3ccccc3O)CC2)C1. The van der Waals surface area contributed by atoms with Crippen molar-refractivity contribution in [2.75, 3.05) is 50.7 Å². The van der Waals surface area contributed by atoms with Gasteiger partial charge in [-0.2, -0.15) is 0 Å². The highest BCUT2D eigenvalue weighted by atomic mass is 16.3. The van der Waals surface area contributed by atoms with Crippen LogP contribution in [-0.4, -0.2) is 72.8 Å². The summed E-state index contributed by atoms with van der Waals surface area (Å²) in [6, 6.07) is 7.69. The number of benzene rings is 1. The minimum absolute atomic E-state index is 0.0462. The second-order valence-corrected chi connectivity index (χ2v) is 6.29.